The summed E-state index contributed by atoms with van der Waals surface area (Å²) in [5.41, 5.74) is 0.509. The molecule has 1 aliphatic rings. The topological polar surface area (TPSA) is 50.4 Å². The number of hydrogen-bond acceptors (Lipinski definition) is 3. The molecule has 1 amide bonds. The third-order valence-electron chi connectivity index (χ3n) is 3.09. The predicted molar refractivity (Wildman–Crippen MR) is 67.2 cm³/mol. The van der Waals surface area contributed by atoms with Crippen molar-refractivity contribution >= 4 is 11.6 Å². The van der Waals surface area contributed by atoms with Crippen molar-refractivity contribution in [2.45, 2.75) is 12.8 Å². The molecule has 1 fully saturated rings. The van der Waals surface area contributed by atoms with Crippen molar-refractivity contribution in [3.05, 3.63) is 24.0 Å². The lowest BCUT2D eigenvalue weighted by Crippen LogP contribution is -2.37. The van der Waals surface area contributed by atoms with Crippen LogP contribution in [0.3, 0.4) is 0 Å². The second-order valence-electron chi connectivity index (χ2n) is 4.38. The summed E-state index contributed by atoms with van der Waals surface area (Å²) in [6, 6.07) is 4.08. The minimum absolute atomic E-state index is 0.0338. The zero-order valence-electron chi connectivity index (χ0n) is 10.3. The Morgan fingerprint density at radius 1 is 1.56 bits per heavy atom. The van der Waals surface area contributed by atoms with E-state index in [-0.39, 0.29) is 17.6 Å². The number of carbonyl (C=O) groups is 1. The van der Waals surface area contributed by atoms with Gasteiger partial charge in [0, 0.05) is 12.6 Å². The van der Waals surface area contributed by atoms with Crippen molar-refractivity contribution in [1.82, 2.24) is 5.32 Å². The van der Waals surface area contributed by atoms with Gasteiger partial charge in [-0.25, -0.2) is 4.39 Å². The summed E-state index contributed by atoms with van der Waals surface area (Å²) < 4.78 is 18.1. The average molecular weight is 252 g/mol. The highest BCUT2D eigenvalue weighted by molar-refractivity contribution is 5.94. The monoisotopic (exact) mass is 252 g/mol. The Bertz CT molecular complexity index is 431. The van der Waals surface area contributed by atoms with Crippen molar-refractivity contribution < 1.29 is 13.9 Å². The van der Waals surface area contributed by atoms with Crippen LogP contribution in [0.25, 0.3) is 0 Å². The highest BCUT2D eigenvalue weighted by Crippen LogP contribution is 2.26. The van der Waals surface area contributed by atoms with Crippen molar-refractivity contribution in [2.75, 3.05) is 25.5 Å². The number of hydrogen-bond donors (Lipinski definition) is 2. The largest absolute Gasteiger partial charge is 0.494 e. The molecule has 0 saturated carbocycles. The van der Waals surface area contributed by atoms with Crippen molar-refractivity contribution in [3.8, 4) is 5.75 Å². The predicted octanol–water partition coefficient (Wildman–Crippen LogP) is 1.77. The van der Waals surface area contributed by atoms with E-state index < -0.39 is 0 Å². The van der Waals surface area contributed by atoms with Crippen LogP contribution in [0.1, 0.15) is 12.8 Å². The standard InChI is InChI=1S/C13H17FN2O2/c1-18-12-7-10(14)4-5-11(12)16-13(17)9-3-2-6-15-8-9/h4-5,7,9,15H,2-3,6,8H2,1H3,(H,16,17). The molecule has 18 heavy (non-hydrogen) atoms. The van der Waals surface area contributed by atoms with Crippen LogP contribution in [0.2, 0.25) is 0 Å². The zero-order chi connectivity index (χ0) is 13.0. The summed E-state index contributed by atoms with van der Waals surface area (Å²) in [5, 5.41) is 5.97. The molecule has 98 valence electrons. The number of nitrogens with one attached hydrogen (secondary N) is 2. The maximum Gasteiger partial charge on any atom is 0.228 e. The molecule has 2 rings (SSSR count). The summed E-state index contributed by atoms with van der Waals surface area (Å²) in [5.74, 6) is -0.128. The van der Waals surface area contributed by atoms with E-state index in [4.69, 9.17) is 4.74 Å². The molecule has 1 aromatic carbocycles. The number of carbonyl (C=O) groups excluding carboxylic acids is 1. The first kappa shape index (κ1) is 12.8. The smallest absolute Gasteiger partial charge is 0.228 e. The van der Waals surface area contributed by atoms with Gasteiger partial charge in [-0.3, -0.25) is 4.79 Å². The van der Waals surface area contributed by atoms with Gasteiger partial charge in [0.15, 0.2) is 0 Å². The number of methoxy groups -OCH3 is 1. The van der Waals surface area contributed by atoms with Gasteiger partial charge < -0.3 is 15.4 Å². The van der Waals surface area contributed by atoms with E-state index >= 15 is 0 Å². The Balaban J connectivity index is 2.06. The fourth-order valence-corrected chi connectivity index (χ4v) is 2.08. The van der Waals surface area contributed by atoms with Crippen molar-refractivity contribution in [3.63, 3.8) is 0 Å². The van der Waals surface area contributed by atoms with Gasteiger partial charge in [0.1, 0.15) is 11.6 Å². The first-order valence-electron chi connectivity index (χ1n) is 6.06. The lowest BCUT2D eigenvalue weighted by atomic mass is 9.99. The number of piperidine rings is 1. The highest BCUT2D eigenvalue weighted by Gasteiger charge is 2.21. The van der Waals surface area contributed by atoms with E-state index in [0.717, 1.165) is 19.4 Å². The molecule has 1 heterocycles. The Morgan fingerprint density at radius 2 is 2.39 bits per heavy atom. The summed E-state index contributed by atoms with van der Waals surface area (Å²) in [7, 11) is 1.45. The minimum atomic E-state index is -0.385. The highest BCUT2D eigenvalue weighted by atomic mass is 19.1. The number of anilines is 1. The Morgan fingerprint density at radius 3 is 3.06 bits per heavy atom. The fraction of sp³-hybridized carbons (Fsp3) is 0.462. The summed E-state index contributed by atoms with van der Waals surface area (Å²) in [6.45, 7) is 1.65. The Kier molecular flexibility index (Phi) is 4.15. The molecule has 0 bridgehead atoms. The van der Waals surface area contributed by atoms with E-state index in [2.05, 4.69) is 10.6 Å². The van der Waals surface area contributed by atoms with Crippen LogP contribution < -0.4 is 15.4 Å². The van der Waals surface area contributed by atoms with Gasteiger partial charge in [0.2, 0.25) is 5.91 Å². The molecule has 1 unspecified atom stereocenters. The van der Waals surface area contributed by atoms with E-state index in [1.165, 1.54) is 25.3 Å². The number of rotatable bonds is 3. The maximum absolute atomic E-state index is 13.0. The second kappa shape index (κ2) is 5.82. The molecule has 0 aromatic heterocycles. The third kappa shape index (κ3) is 2.98. The Hall–Kier alpha value is -1.62. The van der Waals surface area contributed by atoms with Gasteiger partial charge >= 0.3 is 0 Å². The maximum atomic E-state index is 13.0. The second-order valence-corrected chi connectivity index (χ2v) is 4.38. The average Bonchev–Trinajstić information content (AvgIpc) is 2.41. The Labute approximate surface area is 106 Å². The molecule has 4 nitrogen and oxygen atoms in total. The van der Waals surface area contributed by atoms with Crippen LogP contribution in [0.15, 0.2) is 18.2 Å². The molecule has 1 saturated heterocycles. The van der Waals surface area contributed by atoms with Gasteiger partial charge in [-0.2, -0.15) is 0 Å². The molecule has 1 aromatic rings. The lowest BCUT2D eigenvalue weighted by Gasteiger charge is -2.22. The molecular formula is C13H17FN2O2. The van der Waals surface area contributed by atoms with Crippen molar-refractivity contribution in [1.29, 1.82) is 0 Å². The summed E-state index contributed by atoms with van der Waals surface area (Å²) >= 11 is 0. The van der Waals surface area contributed by atoms with Gasteiger partial charge in [0.25, 0.3) is 0 Å². The first-order chi connectivity index (χ1) is 8.70. The number of benzene rings is 1. The van der Waals surface area contributed by atoms with Crippen LogP contribution >= 0.6 is 0 Å². The number of amides is 1. The van der Waals surface area contributed by atoms with Crippen LogP contribution in [-0.2, 0) is 4.79 Å². The van der Waals surface area contributed by atoms with Gasteiger partial charge in [0.05, 0.1) is 18.7 Å². The molecule has 0 spiro atoms. The SMILES string of the molecule is COc1cc(F)ccc1NC(=O)C1CCCNC1. The molecular weight excluding hydrogens is 235 g/mol. The first-order valence-corrected chi connectivity index (χ1v) is 6.06. The van der Waals surface area contributed by atoms with E-state index in [1.807, 2.05) is 0 Å². The third-order valence-corrected chi connectivity index (χ3v) is 3.09. The van der Waals surface area contributed by atoms with Crippen LogP contribution in [0.4, 0.5) is 10.1 Å². The minimum Gasteiger partial charge on any atom is -0.494 e. The van der Waals surface area contributed by atoms with E-state index in [1.54, 1.807) is 0 Å². The quantitative estimate of drug-likeness (QED) is 0.862. The number of ether oxygens (including phenoxy) is 1. The summed E-state index contributed by atoms with van der Waals surface area (Å²) in [4.78, 5) is 12.0. The van der Waals surface area contributed by atoms with Crippen molar-refractivity contribution in [2.24, 2.45) is 5.92 Å². The fourth-order valence-electron chi connectivity index (χ4n) is 2.08. The van der Waals surface area contributed by atoms with Gasteiger partial charge in [-0.15, -0.1) is 0 Å². The molecule has 1 atom stereocenters. The molecule has 5 heteroatoms. The van der Waals surface area contributed by atoms with Crippen LogP contribution in [-0.4, -0.2) is 26.1 Å². The van der Waals surface area contributed by atoms with Gasteiger partial charge in [-0.05, 0) is 31.5 Å². The molecule has 2 N–H and O–H groups in total. The zero-order valence-corrected chi connectivity index (χ0v) is 10.3. The number of halogens is 1. The molecule has 0 radical (unpaired) electrons. The van der Waals surface area contributed by atoms with Crippen LogP contribution in [0.5, 0.6) is 5.75 Å². The lowest BCUT2D eigenvalue weighted by molar-refractivity contribution is -0.120. The molecule has 0 aliphatic carbocycles. The van der Waals surface area contributed by atoms with Crippen LogP contribution in [0, 0.1) is 11.7 Å². The van der Waals surface area contributed by atoms with E-state index in [9.17, 15) is 9.18 Å². The summed E-state index contributed by atoms with van der Waals surface area (Å²) in [6.07, 6.45) is 1.88. The van der Waals surface area contributed by atoms with E-state index in [0.29, 0.717) is 18.0 Å². The normalized spacial score (nSPS) is 19.3. The molecule has 1 aliphatic heterocycles. The van der Waals surface area contributed by atoms with Gasteiger partial charge in [-0.1, -0.05) is 0 Å².